The lowest BCUT2D eigenvalue weighted by atomic mass is 10.1. The number of methoxy groups -OCH3 is 1. The Balaban J connectivity index is 4.32. The van der Waals surface area contributed by atoms with E-state index in [0.717, 1.165) is 0 Å². The van der Waals surface area contributed by atoms with E-state index in [1.54, 1.807) is 18.9 Å². The van der Waals surface area contributed by atoms with Crippen LogP contribution in [0.4, 0.5) is 0 Å². The van der Waals surface area contributed by atoms with Gasteiger partial charge in [-0.3, -0.25) is 9.69 Å². The smallest absolute Gasteiger partial charge is 0.325 e. The second-order valence-electron chi connectivity index (χ2n) is 2.78. The molecule has 0 amide bonds. The first-order valence-corrected chi connectivity index (χ1v) is 4.00. The molecule has 4 heteroatoms. The van der Waals surface area contributed by atoms with E-state index in [9.17, 15) is 9.90 Å². The first-order valence-electron chi connectivity index (χ1n) is 4.00. The number of hydrogen-bond acceptors (Lipinski definition) is 4. The summed E-state index contributed by atoms with van der Waals surface area (Å²) in [6, 6.07) is -0.556. The fraction of sp³-hybridized carbons (Fsp3) is 0.875. The summed E-state index contributed by atoms with van der Waals surface area (Å²) in [6.45, 7) is 4.19. The Bertz CT molecular complexity index is 147. The summed E-state index contributed by atoms with van der Waals surface area (Å²) in [6.07, 6.45) is -0.706. The van der Waals surface area contributed by atoms with Crippen LogP contribution in [0.1, 0.15) is 13.8 Å². The Hall–Kier alpha value is -0.610. The number of rotatable bonds is 4. The first kappa shape index (κ1) is 11.4. The molecule has 0 heterocycles. The number of ether oxygens (including phenoxy) is 1. The van der Waals surface area contributed by atoms with Gasteiger partial charge in [-0.15, -0.1) is 0 Å². The van der Waals surface area contributed by atoms with Gasteiger partial charge in [-0.1, -0.05) is 6.92 Å². The van der Waals surface area contributed by atoms with Crippen LogP contribution in [0.25, 0.3) is 0 Å². The van der Waals surface area contributed by atoms with Crippen molar-refractivity contribution in [1.82, 2.24) is 4.90 Å². The predicted molar refractivity (Wildman–Crippen MR) is 45.8 cm³/mol. The van der Waals surface area contributed by atoms with Crippen molar-refractivity contribution >= 4 is 5.97 Å². The highest BCUT2D eigenvalue weighted by molar-refractivity contribution is 5.76. The van der Waals surface area contributed by atoms with E-state index >= 15 is 0 Å². The maximum atomic E-state index is 11.1. The number of esters is 1. The van der Waals surface area contributed by atoms with Gasteiger partial charge in [0.2, 0.25) is 0 Å². The molecule has 0 aliphatic carbocycles. The van der Waals surface area contributed by atoms with Gasteiger partial charge in [0, 0.05) is 0 Å². The molecule has 0 saturated carbocycles. The summed E-state index contributed by atoms with van der Waals surface area (Å²) >= 11 is 0. The lowest BCUT2D eigenvalue weighted by Crippen LogP contribution is -2.46. The average molecular weight is 175 g/mol. The SMILES string of the molecule is CCN(C)[C@H](C(=O)OC)[C@@H](C)O. The first-order chi connectivity index (χ1) is 5.54. The third kappa shape index (κ3) is 2.79. The second kappa shape index (κ2) is 5.11. The molecular weight excluding hydrogens is 158 g/mol. The quantitative estimate of drug-likeness (QED) is 0.604. The molecule has 0 spiro atoms. The summed E-state index contributed by atoms with van der Waals surface area (Å²) in [4.78, 5) is 12.9. The van der Waals surface area contributed by atoms with Gasteiger partial charge in [-0.2, -0.15) is 0 Å². The van der Waals surface area contributed by atoms with Crippen LogP contribution in [0.5, 0.6) is 0 Å². The van der Waals surface area contributed by atoms with Gasteiger partial charge in [0.15, 0.2) is 0 Å². The van der Waals surface area contributed by atoms with Crippen molar-refractivity contribution in [3.05, 3.63) is 0 Å². The number of hydrogen-bond donors (Lipinski definition) is 1. The lowest BCUT2D eigenvalue weighted by Gasteiger charge is -2.26. The second-order valence-corrected chi connectivity index (χ2v) is 2.78. The number of nitrogens with zero attached hydrogens (tertiary/aromatic N) is 1. The fourth-order valence-electron chi connectivity index (χ4n) is 1.06. The number of carbonyl (C=O) groups is 1. The number of carbonyl (C=O) groups excluding carboxylic acids is 1. The standard InChI is InChI=1S/C8H17NO3/c1-5-9(3)7(6(2)10)8(11)12-4/h6-7,10H,5H2,1-4H3/t6-,7+/m1/s1. The molecule has 0 aromatic rings. The van der Waals surface area contributed by atoms with Gasteiger partial charge in [0.25, 0.3) is 0 Å². The van der Waals surface area contributed by atoms with E-state index in [2.05, 4.69) is 4.74 Å². The largest absolute Gasteiger partial charge is 0.468 e. The molecule has 72 valence electrons. The van der Waals surface area contributed by atoms with E-state index in [0.29, 0.717) is 6.54 Å². The topological polar surface area (TPSA) is 49.8 Å². The maximum absolute atomic E-state index is 11.1. The summed E-state index contributed by atoms with van der Waals surface area (Å²) in [5.74, 6) is -0.394. The number of aliphatic hydroxyl groups excluding tert-OH is 1. The van der Waals surface area contributed by atoms with Gasteiger partial charge < -0.3 is 9.84 Å². The van der Waals surface area contributed by atoms with E-state index in [1.165, 1.54) is 7.11 Å². The van der Waals surface area contributed by atoms with Crippen LogP contribution in [0.2, 0.25) is 0 Å². The van der Waals surface area contributed by atoms with Crippen molar-refractivity contribution in [2.75, 3.05) is 20.7 Å². The summed E-state index contributed by atoms with van der Waals surface area (Å²) in [5, 5.41) is 9.27. The minimum atomic E-state index is -0.706. The Labute approximate surface area is 73.1 Å². The fourth-order valence-corrected chi connectivity index (χ4v) is 1.06. The lowest BCUT2D eigenvalue weighted by molar-refractivity contribution is -0.150. The summed E-state index contributed by atoms with van der Waals surface area (Å²) < 4.78 is 4.56. The molecule has 0 fully saturated rings. The summed E-state index contributed by atoms with van der Waals surface area (Å²) in [5.41, 5.74) is 0. The molecule has 4 nitrogen and oxygen atoms in total. The zero-order valence-corrected chi connectivity index (χ0v) is 8.07. The molecule has 1 N–H and O–H groups in total. The monoisotopic (exact) mass is 175 g/mol. The maximum Gasteiger partial charge on any atom is 0.325 e. The number of likely N-dealkylation sites (N-methyl/N-ethyl adjacent to an activating group) is 1. The molecule has 0 saturated heterocycles. The van der Waals surface area contributed by atoms with Gasteiger partial charge >= 0.3 is 5.97 Å². The Morgan fingerprint density at radius 3 is 2.42 bits per heavy atom. The van der Waals surface area contributed by atoms with Crippen molar-refractivity contribution < 1.29 is 14.6 Å². The van der Waals surface area contributed by atoms with Crippen molar-refractivity contribution in [3.63, 3.8) is 0 Å². The Kier molecular flexibility index (Phi) is 4.85. The molecule has 12 heavy (non-hydrogen) atoms. The molecule has 0 radical (unpaired) electrons. The molecule has 0 rings (SSSR count). The van der Waals surface area contributed by atoms with Crippen molar-refractivity contribution in [1.29, 1.82) is 0 Å². The van der Waals surface area contributed by atoms with Crippen molar-refractivity contribution in [3.8, 4) is 0 Å². The predicted octanol–water partition coefficient (Wildman–Crippen LogP) is -0.139. The third-order valence-corrected chi connectivity index (χ3v) is 1.87. The van der Waals surface area contributed by atoms with E-state index in [-0.39, 0.29) is 0 Å². The zero-order chi connectivity index (χ0) is 9.72. The van der Waals surface area contributed by atoms with E-state index in [4.69, 9.17) is 0 Å². The molecule has 0 aromatic carbocycles. The molecule has 0 aliphatic heterocycles. The van der Waals surface area contributed by atoms with Crippen LogP contribution in [0, 0.1) is 0 Å². The van der Waals surface area contributed by atoms with Crippen LogP contribution >= 0.6 is 0 Å². The van der Waals surface area contributed by atoms with Crippen LogP contribution in [0.15, 0.2) is 0 Å². The highest BCUT2D eigenvalue weighted by atomic mass is 16.5. The van der Waals surface area contributed by atoms with Crippen LogP contribution in [-0.4, -0.2) is 48.8 Å². The Morgan fingerprint density at radius 2 is 2.17 bits per heavy atom. The highest BCUT2D eigenvalue weighted by Gasteiger charge is 2.27. The third-order valence-electron chi connectivity index (χ3n) is 1.87. The van der Waals surface area contributed by atoms with E-state index in [1.807, 2.05) is 6.92 Å². The zero-order valence-electron chi connectivity index (χ0n) is 8.07. The van der Waals surface area contributed by atoms with Gasteiger partial charge in [0.1, 0.15) is 6.04 Å². The molecular formula is C8H17NO3. The van der Waals surface area contributed by atoms with Crippen molar-refractivity contribution in [2.24, 2.45) is 0 Å². The Morgan fingerprint density at radius 1 is 1.67 bits per heavy atom. The van der Waals surface area contributed by atoms with E-state index < -0.39 is 18.1 Å². The highest BCUT2D eigenvalue weighted by Crippen LogP contribution is 2.03. The normalized spacial score (nSPS) is 15.8. The van der Waals surface area contributed by atoms with Gasteiger partial charge in [-0.05, 0) is 20.5 Å². The van der Waals surface area contributed by atoms with Gasteiger partial charge in [0.05, 0.1) is 13.2 Å². The average Bonchev–Trinajstić information content (AvgIpc) is 2.03. The van der Waals surface area contributed by atoms with Crippen LogP contribution in [-0.2, 0) is 9.53 Å². The molecule has 2 atom stereocenters. The molecule has 0 bridgehead atoms. The minimum Gasteiger partial charge on any atom is -0.468 e. The van der Waals surface area contributed by atoms with Crippen molar-refractivity contribution in [2.45, 2.75) is 26.0 Å². The summed E-state index contributed by atoms with van der Waals surface area (Å²) in [7, 11) is 3.09. The van der Waals surface area contributed by atoms with Crippen LogP contribution < -0.4 is 0 Å². The van der Waals surface area contributed by atoms with Gasteiger partial charge in [-0.25, -0.2) is 0 Å². The molecule has 0 unspecified atom stereocenters. The molecule has 0 aliphatic rings. The van der Waals surface area contributed by atoms with Crippen LogP contribution in [0.3, 0.4) is 0 Å². The number of aliphatic hydroxyl groups is 1. The minimum absolute atomic E-state index is 0.394. The molecule has 0 aromatic heterocycles.